The minimum atomic E-state index is -3.42. The standard InChI is InChI=1S/C16H26N2O2S/c1-11-12(2)14(4)16(15(5)13(11)3)21(19,20)18-9-6-7-17-8-10-18/h17H,6-10H2,1-5H3. The molecular weight excluding hydrogens is 284 g/mol. The van der Waals surface area contributed by atoms with E-state index >= 15 is 0 Å². The van der Waals surface area contributed by atoms with Crippen LogP contribution in [0.1, 0.15) is 34.2 Å². The van der Waals surface area contributed by atoms with Gasteiger partial charge in [0.1, 0.15) is 0 Å². The number of sulfonamides is 1. The predicted molar refractivity (Wildman–Crippen MR) is 86.4 cm³/mol. The predicted octanol–water partition coefficient (Wildman–Crippen LogP) is 2.21. The van der Waals surface area contributed by atoms with Crippen LogP contribution < -0.4 is 5.32 Å². The van der Waals surface area contributed by atoms with E-state index in [9.17, 15) is 8.42 Å². The van der Waals surface area contributed by atoms with Gasteiger partial charge in [0.25, 0.3) is 0 Å². The first-order chi connectivity index (χ1) is 9.78. The fourth-order valence-corrected chi connectivity index (χ4v) is 5.08. The highest BCUT2D eigenvalue weighted by Crippen LogP contribution is 2.31. The van der Waals surface area contributed by atoms with Gasteiger partial charge >= 0.3 is 0 Å². The third-order valence-corrected chi connectivity index (χ3v) is 7.00. The number of nitrogens with zero attached hydrogens (tertiary/aromatic N) is 1. The van der Waals surface area contributed by atoms with Gasteiger partial charge in [0.15, 0.2) is 0 Å². The normalized spacial score (nSPS) is 17.8. The number of hydrogen-bond donors (Lipinski definition) is 1. The molecule has 0 atom stereocenters. The van der Waals surface area contributed by atoms with E-state index in [2.05, 4.69) is 12.2 Å². The zero-order chi connectivity index (χ0) is 15.8. The van der Waals surface area contributed by atoms with Crippen molar-refractivity contribution in [3.63, 3.8) is 0 Å². The van der Waals surface area contributed by atoms with Crippen molar-refractivity contribution in [3.8, 4) is 0 Å². The molecule has 0 radical (unpaired) electrons. The summed E-state index contributed by atoms with van der Waals surface area (Å²) in [5.41, 5.74) is 5.16. The summed E-state index contributed by atoms with van der Waals surface area (Å²) in [4.78, 5) is 0.519. The molecule has 1 heterocycles. The van der Waals surface area contributed by atoms with Gasteiger partial charge in [-0.1, -0.05) is 0 Å². The van der Waals surface area contributed by atoms with Gasteiger partial charge in [-0.25, -0.2) is 8.42 Å². The lowest BCUT2D eigenvalue weighted by atomic mass is 9.95. The van der Waals surface area contributed by atoms with Crippen LogP contribution in [0.4, 0.5) is 0 Å². The van der Waals surface area contributed by atoms with Crippen molar-refractivity contribution in [3.05, 3.63) is 27.8 Å². The highest BCUT2D eigenvalue weighted by Gasteiger charge is 2.30. The molecule has 0 aromatic heterocycles. The average Bonchev–Trinajstić information content (AvgIpc) is 2.72. The quantitative estimate of drug-likeness (QED) is 0.911. The van der Waals surface area contributed by atoms with Crippen LogP contribution in [0.15, 0.2) is 4.90 Å². The molecule has 0 aliphatic carbocycles. The molecular formula is C16H26N2O2S. The Balaban J connectivity index is 2.59. The van der Waals surface area contributed by atoms with Crippen LogP contribution in [-0.4, -0.2) is 38.9 Å². The second-order valence-corrected chi connectivity index (χ2v) is 7.84. The van der Waals surface area contributed by atoms with Crippen molar-refractivity contribution >= 4 is 10.0 Å². The zero-order valence-corrected chi connectivity index (χ0v) is 14.5. The number of benzene rings is 1. The van der Waals surface area contributed by atoms with Gasteiger partial charge in [0, 0.05) is 19.6 Å². The Hall–Kier alpha value is -0.910. The average molecular weight is 310 g/mol. The Morgan fingerprint density at radius 1 is 0.810 bits per heavy atom. The molecule has 0 spiro atoms. The Bertz CT molecular complexity index is 614. The summed E-state index contributed by atoms with van der Waals surface area (Å²) in [6.45, 7) is 12.7. The number of nitrogens with one attached hydrogen (secondary N) is 1. The second-order valence-electron chi connectivity index (χ2n) is 5.96. The molecule has 1 N–H and O–H groups in total. The summed E-state index contributed by atoms with van der Waals surface area (Å²) in [6.07, 6.45) is 0.862. The Morgan fingerprint density at radius 2 is 1.33 bits per heavy atom. The molecule has 4 nitrogen and oxygen atoms in total. The Kier molecular flexibility index (Phi) is 4.76. The van der Waals surface area contributed by atoms with Crippen LogP contribution >= 0.6 is 0 Å². The summed E-state index contributed by atoms with van der Waals surface area (Å²) in [5.74, 6) is 0. The van der Waals surface area contributed by atoms with E-state index in [1.807, 2.05) is 27.7 Å². The fourth-order valence-electron chi connectivity index (χ4n) is 3.04. The summed E-state index contributed by atoms with van der Waals surface area (Å²) in [5, 5.41) is 3.26. The largest absolute Gasteiger partial charge is 0.315 e. The molecule has 1 aromatic rings. The molecule has 0 amide bonds. The van der Waals surface area contributed by atoms with E-state index < -0.39 is 10.0 Å². The highest BCUT2D eigenvalue weighted by atomic mass is 32.2. The molecule has 1 aromatic carbocycles. The highest BCUT2D eigenvalue weighted by molar-refractivity contribution is 7.89. The first-order valence-corrected chi connectivity index (χ1v) is 9.00. The van der Waals surface area contributed by atoms with Crippen molar-refractivity contribution in [2.45, 2.75) is 45.9 Å². The molecule has 0 saturated carbocycles. The molecule has 1 aliphatic rings. The Labute approximate surface area is 128 Å². The molecule has 1 aliphatic heterocycles. The monoisotopic (exact) mass is 310 g/mol. The first kappa shape index (κ1) is 16.5. The topological polar surface area (TPSA) is 49.4 Å². The van der Waals surface area contributed by atoms with Crippen LogP contribution in [0.25, 0.3) is 0 Å². The first-order valence-electron chi connectivity index (χ1n) is 7.56. The maximum absolute atomic E-state index is 13.1. The number of rotatable bonds is 2. The van der Waals surface area contributed by atoms with Crippen molar-refractivity contribution in [1.82, 2.24) is 9.62 Å². The van der Waals surface area contributed by atoms with Crippen molar-refractivity contribution in [2.24, 2.45) is 0 Å². The van der Waals surface area contributed by atoms with Gasteiger partial charge in [-0.2, -0.15) is 4.31 Å². The molecule has 2 rings (SSSR count). The zero-order valence-electron chi connectivity index (χ0n) is 13.7. The maximum Gasteiger partial charge on any atom is 0.243 e. The lowest BCUT2D eigenvalue weighted by molar-refractivity contribution is 0.431. The van der Waals surface area contributed by atoms with Crippen molar-refractivity contribution in [1.29, 1.82) is 0 Å². The third kappa shape index (κ3) is 2.87. The van der Waals surface area contributed by atoms with Crippen molar-refractivity contribution in [2.75, 3.05) is 26.2 Å². The molecule has 5 heteroatoms. The van der Waals surface area contributed by atoms with Gasteiger partial charge < -0.3 is 5.32 Å². The summed E-state index contributed by atoms with van der Waals surface area (Å²) >= 11 is 0. The maximum atomic E-state index is 13.1. The van der Waals surface area contributed by atoms with Crippen LogP contribution in [0.2, 0.25) is 0 Å². The lowest BCUT2D eigenvalue weighted by Gasteiger charge is -2.25. The van der Waals surface area contributed by atoms with Crippen LogP contribution in [0.5, 0.6) is 0 Å². The fraction of sp³-hybridized carbons (Fsp3) is 0.625. The van der Waals surface area contributed by atoms with E-state index in [4.69, 9.17) is 0 Å². The van der Waals surface area contributed by atoms with Crippen LogP contribution in [0.3, 0.4) is 0 Å². The van der Waals surface area contributed by atoms with E-state index in [1.54, 1.807) is 4.31 Å². The van der Waals surface area contributed by atoms with E-state index in [-0.39, 0.29) is 0 Å². The number of hydrogen-bond acceptors (Lipinski definition) is 3. The molecule has 118 valence electrons. The van der Waals surface area contributed by atoms with Gasteiger partial charge in [-0.05, 0) is 75.4 Å². The summed E-state index contributed by atoms with van der Waals surface area (Å²) in [7, 11) is -3.42. The Morgan fingerprint density at radius 3 is 1.90 bits per heavy atom. The van der Waals surface area contributed by atoms with Crippen molar-refractivity contribution < 1.29 is 8.42 Å². The molecule has 0 bridgehead atoms. The molecule has 1 fully saturated rings. The van der Waals surface area contributed by atoms with Crippen LogP contribution in [0, 0.1) is 34.6 Å². The summed E-state index contributed by atoms with van der Waals surface area (Å²) < 4.78 is 27.8. The smallest absolute Gasteiger partial charge is 0.243 e. The van der Waals surface area contributed by atoms with E-state index in [1.165, 1.54) is 5.56 Å². The summed E-state index contributed by atoms with van der Waals surface area (Å²) in [6, 6.07) is 0. The molecule has 21 heavy (non-hydrogen) atoms. The van der Waals surface area contributed by atoms with Gasteiger partial charge in [0.2, 0.25) is 10.0 Å². The van der Waals surface area contributed by atoms with Gasteiger partial charge in [0.05, 0.1) is 4.90 Å². The van der Waals surface area contributed by atoms with Gasteiger partial charge in [-0.15, -0.1) is 0 Å². The van der Waals surface area contributed by atoms with Crippen LogP contribution in [-0.2, 0) is 10.0 Å². The third-order valence-electron chi connectivity index (χ3n) is 4.83. The van der Waals surface area contributed by atoms with Gasteiger partial charge in [-0.3, -0.25) is 0 Å². The molecule has 1 saturated heterocycles. The SMILES string of the molecule is Cc1c(C)c(C)c(S(=O)(=O)N2CCCNCC2)c(C)c1C. The second kappa shape index (κ2) is 6.07. The minimum absolute atomic E-state index is 0.519. The van der Waals surface area contributed by atoms with E-state index in [0.29, 0.717) is 18.0 Å². The lowest BCUT2D eigenvalue weighted by Crippen LogP contribution is -2.35. The van der Waals surface area contributed by atoms with E-state index in [0.717, 1.165) is 41.8 Å². The molecule has 0 unspecified atom stereocenters. The minimum Gasteiger partial charge on any atom is -0.315 e.